The quantitative estimate of drug-likeness (QED) is 0.552. The monoisotopic (exact) mass is 423 g/mol. The van der Waals surface area contributed by atoms with Gasteiger partial charge in [-0.15, -0.1) is 0 Å². The third-order valence-corrected chi connectivity index (χ3v) is 5.22. The SMILES string of the molecule is Cc1cc(C[C@@H](CN)CC(=O)c2cc(-c3c(Cl)cnn3C)c(Cl)o2)ccc1F. The highest BCUT2D eigenvalue weighted by Crippen LogP contribution is 2.35. The topological polar surface area (TPSA) is 74.1 Å². The van der Waals surface area contributed by atoms with Crippen molar-refractivity contribution in [3.8, 4) is 11.3 Å². The molecule has 0 fully saturated rings. The van der Waals surface area contributed by atoms with Crippen molar-refractivity contribution in [1.29, 1.82) is 0 Å². The first-order valence-electron chi connectivity index (χ1n) is 8.75. The minimum atomic E-state index is -0.254. The Morgan fingerprint density at radius 2 is 2.11 bits per heavy atom. The summed E-state index contributed by atoms with van der Waals surface area (Å²) in [6, 6.07) is 6.48. The molecule has 0 aliphatic rings. The number of carbonyl (C=O) groups excluding carboxylic acids is 1. The standard InChI is InChI=1S/C20H20Cl2FN3O2/c1-11-5-12(3-4-16(11)23)6-13(9-24)7-17(27)18-8-14(20(22)28-18)19-15(21)10-25-26(19)2/h3-5,8,10,13H,6-7,9,24H2,1-2H3/t13-/m1/s1. The summed E-state index contributed by atoms with van der Waals surface area (Å²) in [5.41, 5.74) is 8.44. The second-order valence-corrected chi connectivity index (χ2v) is 7.53. The van der Waals surface area contributed by atoms with Crippen LogP contribution in [0.1, 0.15) is 28.1 Å². The fourth-order valence-electron chi connectivity index (χ4n) is 3.15. The number of rotatable bonds is 7. The van der Waals surface area contributed by atoms with E-state index >= 15 is 0 Å². The van der Waals surface area contributed by atoms with Crippen molar-refractivity contribution in [1.82, 2.24) is 9.78 Å². The molecule has 2 heterocycles. The van der Waals surface area contributed by atoms with Crippen molar-refractivity contribution in [2.75, 3.05) is 6.54 Å². The molecule has 1 aromatic carbocycles. The Kier molecular flexibility index (Phi) is 6.23. The maximum atomic E-state index is 13.4. The van der Waals surface area contributed by atoms with Crippen LogP contribution < -0.4 is 5.73 Å². The number of hydrogen-bond acceptors (Lipinski definition) is 4. The Morgan fingerprint density at radius 3 is 2.71 bits per heavy atom. The molecule has 0 spiro atoms. The van der Waals surface area contributed by atoms with Crippen LogP contribution in [0.5, 0.6) is 0 Å². The molecule has 0 aliphatic heterocycles. The van der Waals surface area contributed by atoms with Crippen molar-refractivity contribution in [3.63, 3.8) is 0 Å². The van der Waals surface area contributed by atoms with Crippen LogP contribution in [-0.4, -0.2) is 22.1 Å². The molecule has 148 valence electrons. The van der Waals surface area contributed by atoms with Gasteiger partial charge in [0.1, 0.15) is 5.82 Å². The number of benzene rings is 1. The molecule has 0 unspecified atom stereocenters. The first kappa shape index (κ1) is 20.6. The molecule has 2 aromatic heterocycles. The Balaban J connectivity index is 1.76. The van der Waals surface area contributed by atoms with Crippen LogP contribution >= 0.6 is 23.2 Å². The third-order valence-electron chi connectivity index (χ3n) is 4.66. The van der Waals surface area contributed by atoms with Gasteiger partial charge in [0.25, 0.3) is 0 Å². The van der Waals surface area contributed by atoms with Gasteiger partial charge in [-0.1, -0.05) is 23.7 Å². The van der Waals surface area contributed by atoms with Crippen molar-refractivity contribution in [2.45, 2.75) is 19.8 Å². The van der Waals surface area contributed by atoms with Gasteiger partial charge in [-0.3, -0.25) is 9.48 Å². The zero-order chi connectivity index (χ0) is 20.4. The van der Waals surface area contributed by atoms with Crippen LogP contribution in [0.3, 0.4) is 0 Å². The van der Waals surface area contributed by atoms with E-state index in [9.17, 15) is 9.18 Å². The van der Waals surface area contributed by atoms with Gasteiger partial charge in [0.15, 0.2) is 11.5 Å². The average molecular weight is 424 g/mol. The first-order valence-corrected chi connectivity index (χ1v) is 9.51. The van der Waals surface area contributed by atoms with Crippen molar-refractivity contribution >= 4 is 29.0 Å². The number of halogens is 3. The Labute approximate surface area is 172 Å². The van der Waals surface area contributed by atoms with E-state index in [4.69, 9.17) is 33.4 Å². The molecule has 3 aromatic rings. The number of aryl methyl sites for hydroxylation is 2. The summed E-state index contributed by atoms with van der Waals surface area (Å²) in [4.78, 5) is 12.7. The lowest BCUT2D eigenvalue weighted by Crippen LogP contribution is -2.20. The van der Waals surface area contributed by atoms with Gasteiger partial charge in [-0.05, 0) is 60.7 Å². The predicted octanol–water partition coefficient (Wildman–Crippen LogP) is 4.82. The summed E-state index contributed by atoms with van der Waals surface area (Å²) in [5, 5.41) is 4.55. The van der Waals surface area contributed by atoms with Crippen LogP contribution in [-0.2, 0) is 13.5 Å². The molecule has 0 aliphatic carbocycles. The summed E-state index contributed by atoms with van der Waals surface area (Å²) in [6.45, 7) is 2.02. The van der Waals surface area contributed by atoms with E-state index < -0.39 is 0 Å². The highest BCUT2D eigenvalue weighted by molar-refractivity contribution is 6.35. The lowest BCUT2D eigenvalue weighted by atomic mass is 9.93. The van der Waals surface area contributed by atoms with E-state index in [0.717, 1.165) is 5.56 Å². The van der Waals surface area contributed by atoms with Gasteiger partial charge >= 0.3 is 0 Å². The molecular weight excluding hydrogens is 404 g/mol. The van der Waals surface area contributed by atoms with Gasteiger partial charge in [-0.25, -0.2) is 4.39 Å². The molecule has 28 heavy (non-hydrogen) atoms. The van der Waals surface area contributed by atoms with Crippen molar-refractivity contribution in [2.24, 2.45) is 18.7 Å². The molecule has 5 nitrogen and oxygen atoms in total. The van der Waals surface area contributed by atoms with Gasteiger partial charge < -0.3 is 10.2 Å². The fourth-order valence-corrected chi connectivity index (χ4v) is 3.65. The largest absolute Gasteiger partial charge is 0.441 e. The van der Waals surface area contributed by atoms with Gasteiger partial charge in [-0.2, -0.15) is 5.10 Å². The number of hydrogen-bond donors (Lipinski definition) is 1. The zero-order valence-electron chi connectivity index (χ0n) is 15.5. The second kappa shape index (κ2) is 8.47. The van der Waals surface area contributed by atoms with Crippen LogP contribution in [0.25, 0.3) is 11.3 Å². The summed E-state index contributed by atoms with van der Waals surface area (Å²) in [7, 11) is 1.72. The number of nitrogens with zero attached hydrogens (tertiary/aromatic N) is 2. The molecule has 0 amide bonds. The molecule has 3 rings (SSSR count). The lowest BCUT2D eigenvalue weighted by Gasteiger charge is -2.14. The van der Waals surface area contributed by atoms with E-state index in [0.29, 0.717) is 34.8 Å². The Hall–Kier alpha value is -2.15. The molecule has 0 saturated carbocycles. The summed E-state index contributed by atoms with van der Waals surface area (Å²) < 4.78 is 20.5. The van der Waals surface area contributed by atoms with Gasteiger partial charge in [0.05, 0.1) is 22.5 Å². The maximum Gasteiger partial charge on any atom is 0.203 e. The van der Waals surface area contributed by atoms with E-state index in [-0.39, 0.29) is 34.9 Å². The van der Waals surface area contributed by atoms with E-state index in [1.165, 1.54) is 12.3 Å². The maximum absolute atomic E-state index is 13.4. The van der Waals surface area contributed by atoms with Gasteiger partial charge in [0.2, 0.25) is 5.22 Å². The van der Waals surface area contributed by atoms with E-state index in [1.54, 1.807) is 36.9 Å². The zero-order valence-corrected chi connectivity index (χ0v) is 17.0. The summed E-state index contributed by atoms with van der Waals surface area (Å²) >= 11 is 12.3. The van der Waals surface area contributed by atoms with Crippen LogP contribution in [0, 0.1) is 18.7 Å². The van der Waals surface area contributed by atoms with Crippen LogP contribution in [0.2, 0.25) is 10.2 Å². The molecule has 1 atom stereocenters. The van der Waals surface area contributed by atoms with Crippen LogP contribution in [0.15, 0.2) is 34.9 Å². The van der Waals surface area contributed by atoms with E-state index in [2.05, 4.69) is 5.10 Å². The summed E-state index contributed by atoms with van der Waals surface area (Å²) in [5.74, 6) is -0.424. The van der Waals surface area contributed by atoms with Crippen molar-refractivity contribution in [3.05, 3.63) is 63.4 Å². The third kappa shape index (κ3) is 4.29. The van der Waals surface area contributed by atoms with Crippen LogP contribution in [0.4, 0.5) is 4.39 Å². The van der Waals surface area contributed by atoms with E-state index in [1.807, 2.05) is 0 Å². The number of aromatic nitrogens is 2. The highest BCUT2D eigenvalue weighted by atomic mass is 35.5. The second-order valence-electron chi connectivity index (χ2n) is 6.78. The fraction of sp³-hybridized carbons (Fsp3) is 0.300. The number of Topliss-reactive ketones (excluding diaryl/α,β-unsaturated/α-hetero) is 1. The molecule has 0 bridgehead atoms. The summed E-state index contributed by atoms with van der Waals surface area (Å²) in [6.07, 6.45) is 2.25. The number of carbonyl (C=O) groups is 1. The molecule has 0 saturated heterocycles. The average Bonchev–Trinajstić information content (AvgIpc) is 3.19. The van der Waals surface area contributed by atoms with Gasteiger partial charge in [0, 0.05) is 13.5 Å². The lowest BCUT2D eigenvalue weighted by molar-refractivity contribution is 0.0935. The molecule has 0 radical (unpaired) electrons. The number of furan rings is 1. The molecule has 2 N–H and O–H groups in total. The van der Waals surface area contributed by atoms with Crippen molar-refractivity contribution < 1.29 is 13.6 Å². The smallest absolute Gasteiger partial charge is 0.203 e. The number of ketones is 1. The first-order chi connectivity index (χ1) is 13.3. The molecular formula is C20H20Cl2FN3O2. The number of nitrogens with two attached hydrogens (primary N) is 1. The Bertz CT molecular complexity index is 994. The Morgan fingerprint density at radius 1 is 1.36 bits per heavy atom. The highest BCUT2D eigenvalue weighted by Gasteiger charge is 2.23. The predicted molar refractivity (Wildman–Crippen MR) is 107 cm³/mol. The minimum Gasteiger partial charge on any atom is -0.441 e. The normalized spacial score (nSPS) is 12.4. The minimum absolute atomic E-state index is 0.0762. The molecule has 8 heteroatoms.